The Morgan fingerprint density at radius 2 is 2.25 bits per heavy atom. The monoisotopic (exact) mass is 171 g/mol. The minimum Gasteiger partial charge on any atom is -0.378 e. The number of nitrogens with zero attached hydrogens (tertiary/aromatic N) is 1. The van der Waals surface area contributed by atoms with Gasteiger partial charge in [0, 0.05) is 13.2 Å². The molecule has 1 unspecified atom stereocenters. The van der Waals surface area contributed by atoms with Crippen LogP contribution in [0.4, 0.5) is 0 Å². The van der Waals surface area contributed by atoms with Crippen LogP contribution in [-0.4, -0.2) is 37.7 Å². The minimum absolute atomic E-state index is 0.549. The Morgan fingerprint density at radius 3 is 2.83 bits per heavy atom. The van der Waals surface area contributed by atoms with Crippen LogP contribution in [0.2, 0.25) is 0 Å². The van der Waals surface area contributed by atoms with E-state index >= 15 is 0 Å². The maximum absolute atomic E-state index is 5.65. The van der Waals surface area contributed by atoms with Gasteiger partial charge in [-0.05, 0) is 39.3 Å². The zero-order chi connectivity index (χ0) is 8.81. The van der Waals surface area contributed by atoms with E-state index < -0.39 is 0 Å². The molecule has 0 saturated carbocycles. The highest BCUT2D eigenvalue weighted by Gasteiger charge is 2.13. The van der Waals surface area contributed by atoms with Crippen LogP contribution in [0.1, 0.15) is 32.6 Å². The number of hydrogen-bond acceptors (Lipinski definition) is 2. The molecule has 1 atom stereocenters. The molecule has 2 heteroatoms. The molecule has 12 heavy (non-hydrogen) atoms. The van der Waals surface area contributed by atoms with Crippen molar-refractivity contribution in [1.82, 2.24) is 4.90 Å². The van der Waals surface area contributed by atoms with Crippen LogP contribution in [0.15, 0.2) is 0 Å². The van der Waals surface area contributed by atoms with Crippen LogP contribution in [0, 0.1) is 0 Å². The first-order valence-electron chi connectivity index (χ1n) is 5.13. The third-order valence-corrected chi connectivity index (χ3v) is 2.65. The summed E-state index contributed by atoms with van der Waals surface area (Å²) < 4.78 is 5.65. The van der Waals surface area contributed by atoms with Crippen LogP contribution in [0.5, 0.6) is 0 Å². The van der Waals surface area contributed by atoms with Gasteiger partial charge in [0.25, 0.3) is 0 Å². The largest absolute Gasteiger partial charge is 0.378 e. The minimum atomic E-state index is 0.549. The van der Waals surface area contributed by atoms with Crippen LogP contribution in [0.25, 0.3) is 0 Å². The first-order chi connectivity index (χ1) is 5.83. The van der Waals surface area contributed by atoms with Gasteiger partial charge >= 0.3 is 0 Å². The van der Waals surface area contributed by atoms with E-state index in [1.165, 1.54) is 32.2 Å². The highest BCUT2D eigenvalue weighted by molar-refractivity contribution is 4.65. The third-order valence-electron chi connectivity index (χ3n) is 2.65. The molecular weight excluding hydrogens is 150 g/mol. The summed E-state index contributed by atoms with van der Waals surface area (Å²) in [6, 6.07) is 0. The van der Waals surface area contributed by atoms with Crippen molar-refractivity contribution >= 4 is 0 Å². The highest BCUT2D eigenvalue weighted by atomic mass is 16.5. The van der Waals surface area contributed by atoms with Gasteiger partial charge < -0.3 is 9.64 Å². The number of ether oxygens (including phenoxy) is 1. The molecule has 1 aliphatic heterocycles. The molecule has 1 aliphatic rings. The second-order valence-electron chi connectivity index (χ2n) is 3.67. The lowest BCUT2D eigenvalue weighted by Gasteiger charge is -2.24. The summed E-state index contributed by atoms with van der Waals surface area (Å²) in [6.45, 7) is 5.51. The SMILES string of the molecule is CCN(C)CCC1CCCCO1. The molecule has 1 saturated heterocycles. The van der Waals surface area contributed by atoms with Crippen LogP contribution >= 0.6 is 0 Å². The summed E-state index contributed by atoms with van der Waals surface area (Å²) >= 11 is 0. The van der Waals surface area contributed by atoms with Crippen molar-refractivity contribution in [1.29, 1.82) is 0 Å². The van der Waals surface area contributed by atoms with E-state index in [2.05, 4.69) is 18.9 Å². The topological polar surface area (TPSA) is 12.5 Å². The zero-order valence-corrected chi connectivity index (χ0v) is 8.38. The lowest BCUT2D eigenvalue weighted by molar-refractivity contribution is 0.00697. The normalized spacial score (nSPS) is 24.8. The fraction of sp³-hybridized carbons (Fsp3) is 1.00. The molecule has 0 aliphatic carbocycles. The van der Waals surface area contributed by atoms with Gasteiger partial charge in [0.15, 0.2) is 0 Å². The quantitative estimate of drug-likeness (QED) is 0.640. The smallest absolute Gasteiger partial charge is 0.0587 e. The average molecular weight is 171 g/mol. The van der Waals surface area contributed by atoms with Gasteiger partial charge in [-0.25, -0.2) is 0 Å². The number of rotatable bonds is 4. The molecule has 72 valence electrons. The molecule has 1 heterocycles. The standard InChI is InChI=1S/C10H21NO/c1-3-11(2)8-7-10-6-4-5-9-12-10/h10H,3-9H2,1-2H3. The zero-order valence-electron chi connectivity index (χ0n) is 8.38. The molecule has 1 fully saturated rings. The first-order valence-corrected chi connectivity index (χ1v) is 5.13. The molecule has 0 aromatic heterocycles. The lowest BCUT2D eigenvalue weighted by atomic mass is 10.1. The Labute approximate surface area is 75.9 Å². The van der Waals surface area contributed by atoms with E-state index in [4.69, 9.17) is 4.74 Å². The Kier molecular flexibility index (Phi) is 4.62. The van der Waals surface area contributed by atoms with Gasteiger partial charge in [-0.1, -0.05) is 6.92 Å². The van der Waals surface area contributed by atoms with Crippen LogP contribution in [0.3, 0.4) is 0 Å². The predicted molar refractivity (Wildman–Crippen MR) is 51.4 cm³/mol. The fourth-order valence-corrected chi connectivity index (χ4v) is 1.56. The summed E-state index contributed by atoms with van der Waals surface area (Å²) in [5.41, 5.74) is 0. The molecular formula is C10H21NO. The summed E-state index contributed by atoms with van der Waals surface area (Å²) in [6.07, 6.45) is 5.66. The van der Waals surface area contributed by atoms with E-state index in [1.807, 2.05) is 0 Å². The molecule has 0 amide bonds. The Balaban J connectivity index is 2.05. The molecule has 2 nitrogen and oxygen atoms in total. The second kappa shape index (κ2) is 5.55. The Bertz CT molecular complexity index is 110. The highest BCUT2D eigenvalue weighted by Crippen LogP contribution is 2.15. The van der Waals surface area contributed by atoms with E-state index in [9.17, 15) is 0 Å². The fourth-order valence-electron chi connectivity index (χ4n) is 1.56. The third kappa shape index (κ3) is 3.55. The van der Waals surface area contributed by atoms with Crippen LogP contribution < -0.4 is 0 Å². The number of hydrogen-bond donors (Lipinski definition) is 0. The average Bonchev–Trinajstić information content (AvgIpc) is 2.16. The molecule has 0 spiro atoms. The van der Waals surface area contributed by atoms with Gasteiger partial charge in [-0.3, -0.25) is 0 Å². The summed E-state index contributed by atoms with van der Waals surface area (Å²) in [4.78, 5) is 2.35. The second-order valence-corrected chi connectivity index (χ2v) is 3.67. The van der Waals surface area contributed by atoms with E-state index in [1.54, 1.807) is 0 Å². The molecule has 0 aromatic rings. The molecule has 0 bridgehead atoms. The molecule has 0 aromatic carbocycles. The van der Waals surface area contributed by atoms with Gasteiger partial charge in [0.1, 0.15) is 0 Å². The van der Waals surface area contributed by atoms with Gasteiger partial charge in [0.05, 0.1) is 6.10 Å². The molecule has 0 N–H and O–H groups in total. The van der Waals surface area contributed by atoms with Crippen molar-refractivity contribution in [3.05, 3.63) is 0 Å². The van der Waals surface area contributed by atoms with Gasteiger partial charge in [0.2, 0.25) is 0 Å². The van der Waals surface area contributed by atoms with Crippen molar-refractivity contribution in [2.75, 3.05) is 26.7 Å². The maximum atomic E-state index is 5.65. The van der Waals surface area contributed by atoms with Crippen molar-refractivity contribution in [2.45, 2.75) is 38.7 Å². The summed E-state index contributed by atoms with van der Waals surface area (Å²) in [7, 11) is 2.17. The Hall–Kier alpha value is -0.0800. The summed E-state index contributed by atoms with van der Waals surface area (Å²) in [5.74, 6) is 0. The molecule has 0 radical (unpaired) electrons. The van der Waals surface area contributed by atoms with E-state index in [0.717, 1.165) is 13.2 Å². The first kappa shape index (κ1) is 10.0. The Morgan fingerprint density at radius 1 is 1.42 bits per heavy atom. The van der Waals surface area contributed by atoms with Crippen molar-refractivity contribution in [3.8, 4) is 0 Å². The van der Waals surface area contributed by atoms with E-state index in [-0.39, 0.29) is 0 Å². The van der Waals surface area contributed by atoms with Gasteiger partial charge in [-0.2, -0.15) is 0 Å². The van der Waals surface area contributed by atoms with Crippen molar-refractivity contribution < 1.29 is 4.74 Å². The predicted octanol–water partition coefficient (Wildman–Crippen LogP) is 1.90. The lowest BCUT2D eigenvalue weighted by Crippen LogP contribution is -2.26. The summed E-state index contributed by atoms with van der Waals surface area (Å²) in [5, 5.41) is 0. The maximum Gasteiger partial charge on any atom is 0.0587 e. The van der Waals surface area contributed by atoms with Crippen molar-refractivity contribution in [3.63, 3.8) is 0 Å². The molecule has 1 rings (SSSR count). The van der Waals surface area contributed by atoms with Gasteiger partial charge in [-0.15, -0.1) is 0 Å². The van der Waals surface area contributed by atoms with Crippen LogP contribution in [-0.2, 0) is 4.74 Å². The van der Waals surface area contributed by atoms with E-state index in [0.29, 0.717) is 6.10 Å². The van der Waals surface area contributed by atoms with Crippen molar-refractivity contribution in [2.24, 2.45) is 0 Å².